The number of phenolic OH excluding ortho intramolecular Hbond substituents is 3. The number of carbonyl (C=O) groups is 3. The highest BCUT2D eigenvalue weighted by atomic mass is 31.2. The van der Waals surface area contributed by atoms with E-state index in [-0.39, 0.29) is 74.6 Å². The lowest BCUT2D eigenvalue weighted by molar-refractivity contribution is -0.116. The standard InChI is InChI=1S/C52H64N3O8P.C16H26O/c1-32(56)53-35-14-20-38(21-15-35)61-64(62-39-22-16-36(17-23-39)54-45(57)30-33-26-41(49(2,3)4)47(59)42(27-33)50(5,6)7)63-40-24-18-37(19-25-40)55-46(58)31-34-28-43(51(8,9)10)48(60)44(29-34)52(11,12)13;1-8-11-9-12(15(2,3)4)14(17)13(10-11)16(5,6)7/h14-29,59-60H,30-31H2,1-13H3,(H,53,56)(H,54,57)(H,55,58);9-10,17H,8H2,1-7H3. The van der Waals surface area contributed by atoms with Gasteiger partial charge < -0.3 is 44.8 Å². The molecule has 0 unspecified atom stereocenters. The minimum absolute atomic E-state index is 0.0186. The lowest BCUT2D eigenvalue weighted by atomic mass is 9.78. The van der Waals surface area contributed by atoms with E-state index in [2.05, 4.69) is 76.5 Å². The summed E-state index contributed by atoms with van der Waals surface area (Å²) in [4.78, 5) is 38.2. The van der Waals surface area contributed by atoms with Crippen molar-refractivity contribution in [2.75, 3.05) is 16.0 Å². The third kappa shape index (κ3) is 18.5. The number of nitrogens with one attached hydrogen (secondary N) is 3. The Morgan fingerprint density at radius 1 is 0.383 bits per heavy atom. The van der Waals surface area contributed by atoms with Crippen LogP contribution in [-0.4, -0.2) is 33.0 Å². The van der Waals surface area contributed by atoms with E-state index in [0.29, 0.717) is 40.1 Å². The van der Waals surface area contributed by atoms with Crippen molar-refractivity contribution in [3.63, 3.8) is 0 Å². The second-order valence-electron chi connectivity index (χ2n) is 27.2. The monoisotopic (exact) mass is 1120 g/mol. The van der Waals surface area contributed by atoms with Gasteiger partial charge in [-0.2, -0.15) is 0 Å². The molecule has 81 heavy (non-hydrogen) atoms. The fraction of sp³-hybridized carbons (Fsp3) is 0.426. The molecule has 0 bridgehead atoms. The Morgan fingerprint density at radius 3 is 0.815 bits per heavy atom. The van der Waals surface area contributed by atoms with Crippen molar-refractivity contribution in [1.29, 1.82) is 0 Å². The summed E-state index contributed by atoms with van der Waals surface area (Å²) in [7, 11) is -2.10. The van der Waals surface area contributed by atoms with Gasteiger partial charge in [0.25, 0.3) is 0 Å². The number of hydrogen-bond acceptors (Lipinski definition) is 9. The first kappa shape index (κ1) is 64.8. The first-order valence-corrected chi connectivity index (χ1v) is 28.9. The van der Waals surface area contributed by atoms with Gasteiger partial charge in [-0.15, -0.1) is 0 Å². The molecule has 3 amide bonds. The van der Waals surface area contributed by atoms with Crippen molar-refractivity contribution < 1.29 is 43.3 Å². The normalized spacial score (nSPS) is 12.3. The van der Waals surface area contributed by atoms with Crippen LogP contribution in [0.3, 0.4) is 0 Å². The van der Waals surface area contributed by atoms with Gasteiger partial charge in [-0.1, -0.05) is 168 Å². The molecular formula is C68H90N3O9P. The quantitative estimate of drug-likeness (QED) is 0.0580. The zero-order valence-corrected chi connectivity index (χ0v) is 52.6. The first-order valence-electron chi connectivity index (χ1n) is 27.8. The summed E-state index contributed by atoms with van der Waals surface area (Å²) < 4.78 is 18.7. The van der Waals surface area contributed by atoms with Gasteiger partial charge in [0.15, 0.2) is 0 Å². The van der Waals surface area contributed by atoms with E-state index in [4.69, 9.17) is 13.6 Å². The molecule has 0 aliphatic rings. The SMILES string of the molecule is CC(=O)Nc1ccc(OP(Oc2ccc(NC(=O)Cc3cc(C(C)(C)C)c(O)c(C(C)(C)C)c3)cc2)Oc2ccc(NC(=O)Cc3cc(C(C)(C)C)c(O)c(C(C)(C)C)c3)cc2)cc1.CCc1cc(C(C)(C)C)c(O)c(C(C)(C)C)c1. The molecule has 0 spiro atoms. The van der Waals surface area contributed by atoms with Crippen LogP contribution in [0.2, 0.25) is 0 Å². The van der Waals surface area contributed by atoms with E-state index >= 15 is 0 Å². The number of hydrogen-bond donors (Lipinski definition) is 6. The third-order valence-corrected chi connectivity index (χ3v) is 14.6. The summed E-state index contributed by atoms with van der Waals surface area (Å²) in [6.07, 6.45) is 1.25. The molecule has 0 aromatic heterocycles. The Hall–Kier alpha value is -7.04. The van der Waals surface area contributed by atoms with Crippen molar-refractivity contribution in [2.24, 2.45) is 0 Å². The summed E-state index contributed by atoms with van der Waals surface area (Å²) in [5.74, 6) is 1.67. The maximum absolute atomic E-state index is 13.3. The van der Waals surface area contributed by atoms with Crippen LogP contribution in [0.5, 0.6) is 34.5 Å². The summed E-state index contributed by atoms with van der Waals surface area (Å²) in [6.45, 7) is 40.9. The number of phenols is 3. The molecule has 12 nitrogen and oxygen atoms in total. The molecule has 6 N–H and O–H groups in total. The third-order valence-electron chi connectivity index (χ3n) is 13.5. The number of amides is 3. The van der Waals surface area contributed by atoms with E-state index in [9.17, 15) is 29.7 Å². The average molecular weight is 1120 g/mol. The van der Waals surface area contributed by atoms with Gasteiger partial charge in [0.1, 0.15) is 34.5 Å². The van der Waals surface area contributed by atoms with Crippen LogP contribution in [0.1, 0.15) is 189 Å². The van der Waals surface area contributed by atoms with E-state index < -0.39 is 8.60 Å². The minimum atomic E-state index is -2.10. The average Bonchev–Trinajstić information content (AvgIpc) is 3.51. The Morgan fingerprint density at radius 2 is 0.605 bits per heavy atom. The lowest BCUT2D eigenvalue weighted by Gasteiger charge is -2.28. The molecule has 6 aromatic carbocycles. The molecule has 6 rings (SSSR count). The van der Waals surface area contributed by atoms with Crippen LogP contribution in [0, 0.1) is 0 Å². The van der Waals surface area contributed by atoms with Crippen LogP contribution < -0.4 is 29.5 Å². The summed E-state index contributed by atoms with van der Waals surface area (Å²) >= 11 is 0. The molecule has 13 heteroatoms. The predicted molar refractivity (Wildman–Crippen MR) is 333 cm³/mol. The molecule has 436 valence electrons. The van der Waals surface area contributed by atoms with Crippen LogP contribution >= 0.6 is 8.60 Å². The Labute approximate surface area is 484 Å². The second kappa shape index (κ2) is 25.4. The van der Waals surface area contributed by atoms with E-state index in [1.807, 2.05) is 107 Å². The fourth-order valence-corrected chi connectivity index (χ4v) is 10.0. The smallest absolute Gasteiger partial charge is 0.507 e. The van der Waals surface area contributed by atoms with Gasteiger partial charge in [-0.3, -0.25) is 14.4 Å². The van der Waals surface area contributed by atoms with Gasteiger partial charge >= 0.3 is 8.60 Å². The largest absolute Gasteiger partial charge is 0.530 e. The van der Waals surface area contributed by atoms with Crippen LogP contribution in [-0.2, 0) is 66.1 Å². The molecule has 6 aromatic rings. The van der Waals surface area contributed by atoms with E-state index in [0.717, 1.165) is 50.9 Å². The van der Waals surface area contributed by atoms with Gasteiger partial charge in [0.05, 0.1) is 12.8 Å². The number of aryl methyl sites for hydroxylation is 1. The zero-order chi connectivity index (χ0) is 60.8. The topological polar surface area (TPSA) is 176 Å². The maximum atomic E-state index is 13.3. The highest BCUT2D eigenvalue weighted by Crippen LogP contribution is 2.45. The zero-order valence-electron chi connectivity index (χ0n) is 51.8. The number of aromatic hydroxyl groups is 3. The lowest BCUT2D eigenvalue weighted by Crippen LogP contribution is -2.20. The van der Waals surface area contributed by atoms with Crippen molar-refractivity contribution in [3.05, 3.63) is 159 Å². The fourth-order valence-electron chi connectivity index (χ4n) is 9.02. The second-order valence-corrected chi connectivity index (χ2v) is 28.2. The van der Waals surface area contributed by atoms with Gasteiger partial charge in [0.2, 0.25) is 17.7 Å². The van der Waals surface area contributed by atoms with Crippen molar-refractivity contribution >= 4 is 43.4 Å². The summed E-state index contributed by atoms with van der Waals surface area (Å²) in [5, 5.41) is 41.4. The Balaban J connectivity index is 0.000000604. The number of rotatable bonds is 14. The first-order chi connectivity index (χ1) is 37.2. The number of benzene rings is 6. The van der Waals surface area contributed by atoms with Crippen LogP contribution in [0.4, 0.5) is 17.1 Å². The van der Waals surface area contributed by atoms with Crippen LogP contribution in [0.15, 0.2) is 109 Å². The molecular weight excluding hydrogens is 1030 g/mol. The highest BCUT2D eigenvalue weighted by Gasteiger charge is 2.30. The molecule has 0 radical (unpaired) electrons. The number of anilines is 3. The molecule has 0 saturated carbocycles. The molecule has 0 heterocycles. The summed E-state index contributed by atoms with van der Waals surface area (Å²) in [6, 6.07) is 32.4. The van der Waals surface area contributed by atoms with E-state index in [1.54, 1.807) is 72.8 Å². The molecule has 0 aliphatic carbocycles. The summed E-state index contributed by atoms with van der Waals surface area (Å²) in [5.41, 5.74) is 8.64. The van der Waals surface area contributed by atoms with Crippen molar-refractivity contribution in [1.82, 2.24) is 0 Å². The highest BCUT2D eigenvalue weighted by molar-refractivity contribution is 7.43. The minimum Gasteiger partial charge on any atom is -0.507 e. The molecule has 0 saturated heterocycles. The Bertz CT molecular complexity index is 2910. The van der Waals surface area contributed by atoms with Gasteiger partial charge in [-0.25, -0.2) is 0 Å². The molecule has 0 atom stereocenters. The van der Waals surface area contributed by atoms with E-state index in [1.165, 1.54) is 12.5 Å². The molecule has 0 fully saturated rings. The predicted octanol–water partition coefficient (Wildman–Crippen LogP) is 16.9. The van der Waals surface area contributed by atoms with Crippen molar-refractivity contribution in [2.45, 2.75) is 190 Å². The maximum Gasteiger partial charge on any atom is 0.530 e. The molecule has 0 aliphatic heterocycles. The van der Waals surface area contributed by atoms with Gasteiger partial charge in [-0.05, 0) is 162 Å². The van der Waals surface area contributed by atoms with Crippen LogP contribution in [0.25, 0.3) is 0 Å². The van der Waals surface area contributed by atoms with Crippen molar-refractivity contribution in [3.8, 4) is 34.5 Å². The van der Waals surface area contributed by atoms with Gasteiger partial charge in [0, 0.05) is 24.0 Å². The Kier molecular flexibility index (Phi) is 20.3. The number of carbonyl (C=O) groups excluding carboxylic acids is 3.